The second kappa shape index (κ2) is 7.21. The number of amides is 1. The summed E-state index contributed by atoms with van der Waals surface area (Å²) in [5, 5.41) is 2.79. The summed E-state index contributed by atoms with van der Waals surface area (Å²) in [4.78, 5) is 12.7. The minimum atomic E-state index is -3.76. The molecule has 138 valence electrons. The molecule has 6 heteroatoms. The molecular weight excluding hydrogens is 348 g/mol. The lowest BCUT2D eigenvalue weighted by Crippen LogP contribution is -2.52. The molecule has 1 fully saturated rings. The van der Waals surface area contributed by atoms with Crippen molar-refractivity contribution in [1.29, 1.82) is 0 Å². The molecule has 0 radical (unpaired) electrons. The fourth-order valence-corrected chi connectivity index (χ4v) is 4.71. The highest BCUT2D eigenvalue weighted by Crippen LogP contribution is 2.30. The van der Waals surface area contributed by atoms with Gasteiger partial charge in [-0.3, -0.25) is 4.79 Å². The van der Waals surface area contributed by atoms with Crippen molar-refractivity contribution in [3.8, 4) is 0 Å². The van der Waals surface area contributed by atoms with E-state index in [-0.39, 0.29) is 17.3 Å². The largest absolute Gasteiger partial charge is 0.353 e. The van der Waals surface area contributed by atoms with Crippen molar-refractivity contribution in [3.05, 3.63) is 65.2 Å². The number of nitrogens with zero attached hydrogens (tertiary/aromatic N) is 1. The van der Waals surface area contributed by atoms with E-state index in [9.17, 15) is 13.2 Å². The first-order valence-corrected chi connectivity index (χ1v) is 10.2. The van der Waals surface area contributed by atoms with Crippen molar-refractivity contribution in [2.45, 2.75) is 37.6 Å². The predicted octanol–water partition coefficient (Wildman–Crippen LogP) is 2.98. The van der Waals surface area contributed by atoms with Gasteiger partial charge in [-0.15, -0.1) is 0 Å². The normalized spacial score (nSPS) is 18.8. The van der Waals surface area contributed by atoms with E-state index < -0.39 is 16.1 Å². The van der Waals surface area contributed by atoms with Gasteiger partial charge in [-0.05, 0) is 36.1 Å². The Balaban J connectivity index is 2.00. The van der Waals surface area contributed by atoms with Crippen LogP contribution in [0, 0.1) is 6.92 Å². The molecule has 0 spiro atoms. The monoisotopic (exact) mass is 372 g/mol. The van der Waals surface area contributed by atoms with Gasteiger partial charge in [0.2, 0.25) is 15.9 Å². The van der Waals surface area contributed by atoms with E-state index in [1.165, 1.54) is 4.31 Å². The van der Waals surface area contributed by atoms with Gasteiger partial charge in [0.25, 0.3) is 0 Å². The summed E-state index contributed by atoms with van der Waals surface area (Å²) in [6, 6.07) is 13.5. The van der Waals surface area contributed by atoms with Crippen LogP contribution in [0.25, 0.3) is 0 Å². The van der Waals surface area contributed by atoms with Gasteiger partial charge < -0.3 is 5.32 Å². The zero-order chi connectivity index (χ0) is 18.9. The van der Waals surface area contributed by atoms with Crippen LogP contribution in [-0.2, 0) is 14.8 Å². The third kappa shape index (κ3) is 3.52. The Morgan fingerprint density at radius 3 is 2.23 bits per heavy atom. The molecule has 2 aromatic rings. The van der Waals surface area contributed by atoms with Crippen molar-refractivity contribution in [2.75, 3.05) is 13.1 Å². The Labute approximate surface area is 155 Å². The highest BCUT2D eigenvalue weighted by atomic mass is 32.2. The van der Waals surface area contributed by atoms with E-state index in [4.69, 9.17) is 0 Å². The zero-order valence-electron chi connectivity index (χ0n) is 15.3. The maximum absolute atomic E-state index is 13.1. The minimum absolute atomic E-state index is 0.210. The first-order chi connectivity index (χ1) is 12.3. The van der Waals surface area contributed by atoms with Gasteiger partial charge in [-0.1, -0.05) is 55.8 Å². The van der Waals surface area contributed by atoms with Crippen LogP contribution in [-0.4, -0.2) is 31.7 Å². The van der Waals surface area contributed by atoms with Crippen LogP contribution in [0.4, 0.5) is 0 Å². The molecule has 5 nitrogen and oxygen atoms in total. The van der Waals surface area contributed by atoms with Gasteiger partial charge in [0.15, 0.2) is 0 Å². The number of benzene rings is 2. The van der Waals surface area contributed by atoms with Crippen molar-refractivity contribution in [3.63, 3.8) is 0 Å². The number of piperazine rings is 1. The van der Waals surface area contributed by atoms with E-state index in [2.05, 4.69) is 19.2 Å². The van der Waals surface area contributed by atoms with Crippen molar-refractivity contribution in [2.24, 2.45) is 0 Å². The second-order valence-corrected chi connectivity index (χ2v) is 8.83. The van der Waals surface area contributed by atoms with Gasteiger partial charge in [0.05, 0.1) is 4.90 Å². The molecule has 0 saturated carbocycles. The third-order valence-corrected chi connectivity index (χ3v) is 6.59. The number of hydrogen-bond acceptors (Lipinski definition) is 3. The van der Waals surface area contributed by atoms with Crippen molar-refractivity contribution < 1.29 is 13.2 Å². The average molecular weight is 372 g/mol. The number of sulfonamides is 1. The highest BCUT2D eigenvalue weighted by Gasteiger charge is 2.39. The van der Waals surface area contributed by atoms with E-state index in [0.29, 0.717) is 18.0 Å². The van der Waals surface area contributed by atoms with Crippen molar-refractivity contribution >= 4 is 15.9 Å². The average Bonchev–Trinajstić information content (AvgIpc) is 2.62. The first-order valence-electron chi connectivity index (χ1n) is 8.77. The Hall–Kier alpha value is -2.18. The number of rotatable bonds is 4. The minimum Gasteiger partial charge on any atom is -0.353 e. The molecule has 0 aliphatic carbocycles. The highest BCUT2D eigenvalue weighted by molar-refractivity contribution is 7.89. The molecule has 0 bridgehead atoms. The molecule has 1 unspecified atom stereocenters. The lowest BCUT2D eigenvalue weighted by Gasteiger charge is -2.34. The summed E-state index contributed by atoms with van der Waals surface area (Å²) in [6.45, 7) is 6.65. The molecular formula is C20H24N2O3S. The molecule has 1 aliphatic rings. The lowest BCUT2D eigenvalue weighted by atomic mass is 9.98. The molecule has 1 saturated heterocycles. The SMILES string of the molecule is Cc1ccc(S(=O)(=O)N2CCNC(=O)C2c2ccc(C(C)C)cc2)cc1. The van der Waals surface area contributed by atoms with Crippen LogP contribution in [0.1, 0.15) is 42.5 Å². The lowest BCUT2D eigenvalue weighted by molar-refractivity contribution is -0.126. The fourth-order valence-electron chi connectivity index (χ4n) is 3.13. The number of hydrogen-bond donors (Lipinski definition) is 1. The number of aryl methyl sites for hydroxylation is 1. The predicted molar refractivity (Wildman–Crippen MR) is 101 cm³/mol. The van der Waals surface area contributed by atoms with Crippen LogP contribution < -0.4 is 5.32 Å². The molecule has 0 aromatic heterocycles. The summed E-state index contributed by atoms with van der Waals surface area (Å²) < 4.78 is 27.6. The summed E-state index contributed by atoms with van der Waals surface area (Å²) in [5.41, 5.74) is 2.82. The van der Waals surface area contributed by atoms with Gasteiger partial charge in [0, 0.05) is 13.1 Å². The maximum atomic E-state index is 13.1. The Kier molecular flexibility index (Phi) is 5.16. The van der Waals surface area contributed by atoms with Gasteiger partial charge in [0.1, 0.15) is 6.04 Å². The van der Waals surface area contributed by atoms with Crippen molar-refractivity contribution in [1.82, 2.24) is 9.62 Å². The van der Waals surface area contributed by atoms with Crippen LogP contribution in [0.3, 0.4) is 0 Å². The van der Waals surface area contributed by atoms with Gasteiger partial charge in [-0.25, -0.2) is 8.42 Å². The third-order valence-electron chi connectivity index (χ3n) is 4.71. The Bertz CT molecular complexity index is 888. The number of carbonyl (C=O) groups excluding carboxylic acids is 1. The molecule has 1 amide bonds. The number of nitrogens with one attached hydrogen (secondary N) is 1. The zero-order valence-corrected chi connectivity index (χ0v) is 16.1. The summed E-state index contributed by atoms with van der Waals surface area (Å²) >= 11 is 0. The van der Waals surface area contributed by atoms with Gasteiger partial charge in [-0.2, -0.15) is 4.31 Å². The van der Waals surface area contributed by atoms with E-state index in [1.54, 1.807) is 24.3 Å². The standard InChI is InChI=1S/C20H24N2O3S/c1-14(2)16-6-8-17(9-7-16)19-20(23)21-12-13-22(19)26(24,25)18-10-4-15(3)5-11-18/h4-11,14,19H,12-13H2,1-3H3,(H,21,23). The summed E-state index contributed by atoms with van der Waals surface area (Å²) in [5.74, 6) is 0.0841. The Morgan fingerprint density at radius 2 is 1.65 bits per heavy atom. The Morgan fingerprint density at radius 1 is 1.04 bits per heavy atom. The quantitative estimate of drug-likeness (QED) is 0.897. The maximum Gasteiger partial charge on any atom is 0.244 e. The smallest absolute Gasteiger partial charge is 0.244 e. The van der Waals surface area contributed by atoms with E-state index >= 15 is 0 Å². The molecule has 3 rings (SSSR count). The van der Waals surface area contributed by atoms with Crippen LogP contribution in [0.5, 0.6) is 0 Å². The topological polar surface area (TPSA) is 66.5 Å². The van der Waals surface area contributed by atoms with Gasteiger partial charge >= 0.3 is 0 Å². The fraction of sp³-hybridized carbons (Fsp3) is 0.350. The second-order valence-electron chi connectivity index (χ2n) is 6.94. The molecule has 2 aromatic carbocycles. The van der Waals surface area contributed by atoms with Crippen LogP contribution in [0.15, 0.2) is 53.4 Å². The van der Waals surface area contributed by atoms with E-state index in [0.717, 1.165) is 11.1 Å². The molecule has 1 atom stereocenters. The molecule has 1 aliphatic heterocycles. The van der Waals surface area contributed by atoms with Crippen LogP contribution >= 0.6 is 0 Å². The van der Waals surface area contributed by atoms with Crippen LogP contribution in [0.2, 0.25) is 0 Å². The first kappa shape index (κ1) is 18.6. The molecule has 26 heavy (non-hydrogen) atoms. The molecule has 1 N–H and O–H groups in total. The number of carbonyl (C=O) groups is 1. The molecule has 1 heterocycles. The summed E-state index contributed by atoms with van der Waals surface area (Å²) in [6.07, 6.45) is 0. The van der Waals surface area contributed by atoms with E-state index in [1.807, 2.05) is 31.2 Å². The summed E-state index contributed by atoms with van der Waals surface area (Å²) in [7, 11) is -3.76.